The van der Waals surface area contributed by atoms with Gasteiger partial charge in [-0.2, -0.15) is 0 Å². The minimum Gasteiger partial charge on any atom is -0.363 e. The van der Waals surface area contributed by atoms with Gasteiger partial charge in [0.25, 0.3) is 5.91 Å². The van der Waals surface area contributed by atoms with Crippen LogP contribution in [0.4, 0.5) is 0 Å². The largest absolute Gasteiger partial charge is 0.363 e. The van der Waals surface area contributed by atoms with Gasteiger partial charge in [-0.3, -0.25) is 10.1 Å². The van der Waals surface area contributed by atoms with Crippen LogP contribution in [-0.4, -0.2) is 17.6 Å². The lowest BCUT2D eigenvalue weighted by atomic mass is 10.2. The number of carbonyl (C=O) groups is 1. The summed E-state index contributed by atoms with van der Waals surface area (Å²) < 4.78 is 0.938. The molecule has 1 aromatic carbocycles. The van der Waals surface area contributed by atoms with Crippen LogP contribution in [0, 0.1) is 0 Å². The van der Waals surface area contributed by atoms with Crippen molar-refractivity contribution in [2.45, 2.75) is 6.92 Å². The molecule has 0 heterocycles. The number of halogens is 1. The van der Waals surface area contributed by atoms with Gasteiger partial charge in [-0.25, -0.2) is 0 Å². The second-order valence-electron chi connectivity index (χ2n) is 2.82. The second kappa shape index (κ2) is 5.82. The SMILES string of the molecule is CCNC(=S)NC(=O)c1ccc(Br)cc1. The van der Waals surface area contributed by atoms with Gasteiger partial charge in [0, 0.05) is 16.6 Å². The number of nitrogens with one attached hydrogen (secondary N) is 2. The van der Waals surface area contributed by atoms with E-state index in [1.807, 2.05) is 19.1 Å². The Morgan fingerprint density at radius 2 is 2.00 bits per heavy atom. The Bertz CT molecular complexity index is 364. The molecule has 0 bridgehead atoms. The standard InChI is InChI=1S/C10H11BrN2OS/c1-2-12-10(15)13-9(14)7-3-5-8(11)6-4-7/h3-6H,2H2,1H3,(H2,12,13,14,15). The summed E-state index contributed by atoms with van der Waals surface area (Å²) in [6, 6.07) is 7.08. The molecule has 1 amide bonds. The minimum atomic E-state index is -0.201. The molecular formula is C10H11BrN2OS. The zero-order valence-corrected chi connectivity index (χ0v) is 10.6. The number of benzene rings is 1. The monoisotopic (exact) mass is 286 g/mol. The summed E-state index contributed by atoms with van der Waals surface area (Å²) in [5.41, 5.74) is 0.582. The van der Waals surface area contributed by atoms with Crippen LogP contribution in [0.2, 0.25) is 0 Å². The molecule has 0 fully saturated rings. The fraction of sp³-hybridized carbons (Fsp3) is 0.200. The van der Waals surface area contributed by atoms with Crippen molar-refractivity contribution in [3.05, 3.63) is 34.3 Å². The summed E-state index contributed by atoms with van der Waals surface area (Å²) in [6.07, 6.45) is 0. The van der Waals surface area contributed by atoms with Crippen molar-refractivity contribution in [1.29, 1.82) is 0 Å². The van der Waals surface area contributed by atoms with E-state index in [1.165, 1.54) is 0 Å². The highest BCUT2D eigenvalue weighted by molar-refractivity contribution is 9.10. The van der Waals surface area contributed by atoms with E-state index >= 15 is 0 Å². The minimum absolute atomic E-state index is 0.201. The summed E-state index contributed by atoms with van der Waals surface area (Å²) in [7, 11) is 0. The Kier molecular flexibility index (Phi) is 4.71. The summed E-state index contributed by atoms with van der Waals surface area (Å²) in [5, 5.41) is 5.78. The lowest BCUT2D eigenvalue weighted by Gasteiger charge is -2.07. The highest BCUT2D eigenvalue weighted by atomic mass is 79.9. The lowest BCUT2D eigenvalue weighted by Crippen LogP contribution is -2.38. The molecule has 1 aromatic rings. The van der Waals surface area contributed by atoms with E-state index in [0.29, 0.717) is 17.2 Å². The van der Waals surface area contributed by atoms with E-state index in [-0.39, 0.29) is 5.91 Å². The zero-order chi connectivity index (χ0) is 11.3. The molecule has 15 heavy (non-hydrogen) atoms. The molecule has 0 unspecified atom stereocenters. The maximum Gasteiger partial charge on any atom is 0.257 e. The first-order valence-electron chi connectivity index (χ1n) is 4.48. The third kappa shape index (κ3) is 3.97. The number of amides is 1. The number of rotatable bonds is 2. The second-order valence-corrected chi connectivity index (χ2v) is 4.14. The van der Waals surface area contributed by atoms with Crippen LogP contribution in [0.15, 0.2) is 28.7 Å². The molecule has 0 saturated carbocycles. The number of carbonyl (C=O) groups excluding carboxylic acids is 1. The van der Waals surface area contributed by atoms with Crippen LogP contribution in [0.25, 0.3) is 0 Å². The molecule has 2 N–H and O–H groups in total. The maximum absolute atomic E-state index is 11.6. The van der Waals surface area contributed by atoms with E-state index in [4.69, 9.17) is 12.2 Å². The van der Waals surface area contributed by atoms with Crippen molar-refractivity contribution in [2.75, 3.05) is 6.54 Å². The van der Waals surface area contributed by atoms with Crippen LogP contribution >= 0.6 is 28.1 Å². The highest BCUT2D eigenvalue weighted by Gasteiger charge is 2.06. The highest BCUT2D eigenvalue weighted by Crippen LogP contribution is 2.10. The Labute approximate surface area is 102 Å². The fourth-order valence-electron chi connectivity index (χ4n) is 0.981. The van der Waals surface area contributed by atoms with Gasteiger partial charge in [0.05, 0.1) is 0 Å². The molecule has 1 rings (SSSR count). The topological polar surface area (TPSA) is 41.1 Å². The van der Waals surface area contributed by atoms with Gasteiger partial charge < -0.3 is 5.32 Å². The molecule has 0 spiro atoms. The van der Waals surface area contributed by atoms with E-state index in [9.17, 15) is 4.79 Å². The van der Waals surface area contributed by atoms with Crippen LogP contribution in [0.3, 0.4) is 0 Å². The van der Waals surface area contributed by atoms with Crippen molar-refractivity contribution in [3.63, 3.8) is 0 Å². The molecule has 0 radical (unpaired) electrons. The third-order valence-electron chi connectivity index (χ3n) is 1.67. The van der Waals surface area contributed by atoms with Crippen molar-refractivity contribution >= 4 is 39.2 Å². The first-order valence-corrected chi connectivity index (χ1v) is 5.68. The van der Waals surface area contributed by atoms with Crippen molar-refractivity contribution in [1.82, 2.24) is 10.6 Å². The van der Waals surface area contributed by atoms with Gasteiger partial charge in [0.2, 0.25) is 0 Å². The maximum atomic E-state index is 11.6. The van der Waals surface area contributed by atoms with Gasteiger partial charge in [-0.1, -0.05) is 15.9 Å². The number of hydrogen-bond acceptors (Lipinski definition) is 2. The van der Waals surface area contributed by atoms with Crippen molar-refractivity contribution in [2.24, 2.45) is 0 Å². The van der Waals surface area contributed by atoms with E-state index in [2.05, 4.69) is 26.6 Å². The molecular weight excluding hydrogens is 276 g/mol. The summed E-state index contributed by atoms with van der Waals surface area (Å²) >= 11 is 8.20. The first kappa shape index (κ1) is 12.1. The summed E-state index contributed by atoms with van der Waals surface area (Å²) in [6.45, 7) is 2.61. The lowest BCUT2D eigenvalue weighted by molar-refractivity contribution is 0.0976. The average molecular weight is 287 g/mol. The molecule has 80 valence electrons. The first-order chi connectivity index (χ1) is 7.13. The predicted molar refractivity (Wildman–Crippen MR) is 67.9 cm³/mol. The third-order valence-corrected chi connectivity index (χ3v) is 2.45. The molecule has 0 aliphatic carbocycles. The Morgan fingerprint density at radius 3 is 2.53 bits per heavy atom. The molecule has 0 atom stereocenters. The average Bonchev–Trinajstić information content (AvgIpc) is 2.18. The smallest absolute Gasteiger partial charge is 0.257 e. The summed E-state index contributed by atoms with van der Waals surface area (Å²) in [4.78, 5) is 11.6. The fourth-order valence-corrected chi connectivity index (χ4v) is 1.48. The van der Waals surface area contributed by atoms with Gasteiger partial charge in [0.15, 0.2) is 5.11 Å². The van der Waals surface area contributed by atoms with Crippen molar-refractivity contribution < 1.29 is 4.79 Å². The van der Waals surface area contributed by atoms with Gasteiger partial charge in [-0.05, 0) is 43.4 Å². The number of hydrogen-bond donors (Lipinski definition) is 2. The van der Waals surface area contributed by atoms with E-state index in [1.54, 1.807) is 12.1 Å². The Morgan fingerprint density at radius 1 is 1.40 bits per heavy atom. The normalized spacial score (nSPS) is 9.47. The molecule has 0 saturated heterocycles. The Hall–Kier alpha value is -0.940. The Balaban J connectivity index is 2.61. The molecule has 0 aromatic heterocycles. The van der Waals surface area contributed by atoms with Gasteiger partial charge >= 0.3 is 0 Å². The van der Waals surface area contributed by atoms with E-state index < -0.39 is 0 Å². The van der Waals surface area contributed by atoms with Gasteiger partial charge in [-0.15, -0.1) is 0 Å². The van der Waals surface area contributed by atoms with Crippen LogP contribution in [0.5, 0.6) is 0 Å². The predicted octanol–water partition coefficient (Wildman–Crippen LogP) is 2.07. The quantitative estimate of drug-likeness (QED) is 0.818. The van der Waals surface area contributed by atoms with Crippen LogP contribution in [-0.2, 0) is 0 Å². The van der Waals surface area contributed by atoms with Crippen molar-refractivity contribution in [3.8, 4) is 0 Å². The zero-order valence-electron chi connectivity index (χ0n) is 8.21. The van der Waals surface area contributed by atoms with Crippen LogP contribution < -0.4 is 10.6 Å². The van der Waals surface area contributed by atoms with E-state index in [0.717, 1.165) is 4.47 Å². The van der Waals surface area contributed by atoms with Gasteiger partial charge in [0.1, 0.15) is 0 Å². The molecule has 0 aliphatic heterocycles. The molecule has 0 aliphatic rings. The molecule has 3 nitrogen and oxygen atoms in total. The molecule has 5 heteroatoms. The number of thiocarbonyl (C=S) groups is 1. The summed E-state index contributed by atoms with van der Waals surface area (Å²) in [5.74, 6) is -0.201. The van der Waals surface area contributed by atoms with Crippen LogP contribution in [0.1, 0.15) is 17.3 Å².